The Morgan fingerprint density at radius 2 is 1.79 bits per heavy atom. The Morgan fingerprint density at radius 3 is 2.36 bits per heavy atom. The van der Waals surface area contributed by atoms with Gasteiger partial charge in [-0.05, 0) is 67.7 Å². The van der Waals surface area contributed by atoms with Gasteiger partial charge in [0.05, 0.1) is 16.3 Å². The Hall–Kier alpha value is -3.33. The lowest BCUT2D eigenvalue weighted by atomic mass is 10.1. The maximum atomic E-state index is 13.6. The lowest BCUT2D eigenvalue weighted by Crippen LogP contribution is -2.51. The van der Waals surface area contributed by atoms with Gasteiger partial charge < -0.3 is 24.4 Å². The number of ether oxygens (including phenoxy) is 1. The number of rotatable bonds is 5. The first-order valence-corrected chi connectivity index (χ1v) is 14.2. The molecule has 3 aromatic rings. The van der Waals surface area contributed by atoms with Gasteiger partial charge in [-0.25, -0.2) is 4.79 Å². The van der Waals surface area contributed by atoms with Gasteiger partial charge in [0.15, 0.2) is 0 Å². The van der Waals surface area contributed by atoms with Crippen LogP contribution in [0.25, 0.3) is 5.78 Å². The molecule has 2 aromatic heterocycles. The third-order valence-corrected chi connectivity index (χ3v) is 7.23. The molecule has 228 valence electrons. The average Bonchev–Trinajstić information content (AvgIpc) is 3.27. The van der Waals surface area contributed by atoms with Crippen molar-refractivity contribution in [3.05, 3.63) is 49.1 Å². The summed E-state index contributed by atoms with van der Waals surface area (Å²) in [6.07, 6.45) is -4.74. The van der Waals surface area contributed by atoms with Crippen molar-refractivity contribution in [2.45, 2.75) is 59.4 Å². The first kappa shape index (κ1) is 31.6. The average molecular weight is 677 g/mol. The summed E-state index contributed by atoms with van der Waals surface area (Å²) in [5, 5.41) is 6.24. The molecule has 2 amide bonds. The summed E-state index contributed by atoms with van der Waals surface area (Å²) in [6.45, 7) is 9.57. The van der Waals surface area contributed by atoms with Crippen LogP contribution in [0.5, 0.6) is 0 Å². The number of aryl methyl sites for hydroxylation is 1. The van der Waals surface area contributed by atoms with Crippen molar-refractivity contribution in [1.29, 1.82) is 0 Å². The maximum Gasteiger partial charge on any atom is 0.417 e. The topological polar surface area (TPSA) is 114 Å². The van der Waals surface area contributed by atoms with E-state index in [-0.39, 0.29) is 28.3 Å². The number of carbonyl (C=O) groups excluding carboxylic acids is 2. The highest BCUT2D eigenvalue weighted by molar-refractivity contribution is 9.10. The minimum Gasteiger partial charge on any atom is -0.444 e. The highest BCUT2D eigenvalue weighted by Crippen LogP contribution is 2.37. The van der Waals surface area contributed by atoms with E-state index < -0.39 is 39.9 Å². The summed E-state index contributed by atoms with van der Waals surface area (Å²) >= 11 is 9.06. The van der Waals surface area contributed by atoms with Crippen molar-refractivity contribution in [2.75, 3.05) is 36.4 Å². The first-order valence-electron chi connectivity index (χ1n) is 13.1. The molecule has 1 aliphatic heterocycles. The maximum absolute atomic E-state index is 13.6. The number of nitrogens with zero attached hydrogens (tertiary/aromatic N) is 6. The van der Waals surface area contributed by atoms with Gasteiger partial charge in [-0.15, -0.1) is 5.10 Å². The van der Waals surface area contributed by atoms with Crippen molar-refractivity contribution in [3.63, 3.8) is 0 Å². The number of carbonyl (C=O) groups is 2. The molecule has 0 radical (unpaired) electrons. The number of benzene rings is 1. The number of halogens is 5. The summed E-state index contributed by atoms with van der Waals surface area (Å²) in [5.74, 6) is -0.466. The van der Waals surface area contributed by atoms with Crippen LogP contribution in [-0.4, -0.2) is 67.8 Å². The number of amides is 2. The van der Waals surface area contributed by atoms with Crippen molar-refractivity contribution in [1.82, 2.24) is 24.1 Å². The second-order valence-electron chi connectivity index (χ2n) is 10.8. The molecule has 0 spiro atoms. The summed E-state index contributed by atoms with van der Waals surface area (Å²) in [5.41, 5.74) is -0.965. The third kappa shape index (κ3) is 6.66. The molecule has 1 saturated heterocycles. The Labute approximate surface area is 252 Å². The lowest BCUT2D eigenvalue weighted by molar-refractivity contribution is -0.137. The van der Waals surface area contributed by atoms with Crippen LogP contribution in [0.3, 0.4) is 0 Å². The summed E-state index contributed by atoms with van der Waals surface area (Å²) in [4.78, 5) is 47.1. The van der Waals surface area contributed by atoms with E-state index in [9.17, 15) is 27.6 Å². The molecule has 16 heteroatoms. The molecule has 0 atom stereocenters. The lowest BCUT2D eigenvalue weighted by Gasteiger charge is -2.37. The van der Waals surface area contributed by atoms with Crippen LogP contribution in [0.15, 0.2) is 21.7 Å². The van der Waals surface area contributed by atoms with E-state index in [1.165, 1.54) is 6.92 Å². The molecule has 0 bridgehead atoms. The van der Waals surface area contributed by atoms with Crippen molar-refractivity contribution < 1.29 is 27.5 Å². The van der Waals surface area contributed by atoms with E-state index in [1.54, 1.807) is 30.2 Å². The van der Waals surface area contributed by atoms with Crippen molar-refractivity contribution >= 4 is 56.7 Å². The van der Waals surface area contributed by atoms with Gasteiger partial charge >= 0.3 is 12.3 Å². The third-order valence-electron chi connectivity index (χ3n) is 6.58. The molecular weight excluding hydrogens is 647 g/mol. The molecule has 1 fully saturated rings. The number of nitrogens with one attached hydrogen (secondary N) is 1. The van der Waals surface area contributed by atoms with Crippen LogP contribution in [0.1, 0.15) is 44.5 Å². The van der Waals surface area contributed by atoms with Gasteiger partial charge in [-0.3, -0.25) is 9.59 Å². The fourth-order valence-corrected chi connectivity index (χ4v) is 5.30. The smallest absolute Gasteiger partial charge is 0.417 e. The van der Waals surface area contributed by atoms with E-state index in [0.717, 1.165) is 16.6 Å². The molecule has 1 aromatic carbocycles. The SMILES string of the molecule is CCc1c(N2CCN(C(=O)OC(C)(C)C)CC2)c(=O)n2nc(Br)nc2n1CC(=O)Nc1cc(Cl)c(C(F)(F)F)cc1C. The summed E-state index contributed by atoms with van der Waals surface area (Å²) in [7, 11) is 0. The standard InChI is InChI=1S/C26H30BrClF3N7O4/c1-6-18-20(35-7-9-36(10-8-35)24(41)42-25(3,4)5)21(40)38-23(33-22(27)34-38)37(18)13-19(39)32-17-12-16(28)15(11-14(17)2)26(29,30)31/h11-12H,6-10,13H2,1-5H3,(H,32,39). The van der Waals surface area contributed by atoms with Crippen molar-refractivity contribution in [3.8, 4) is 0 Å². The number of hydrogen-bond acceptors (Lipinski definition) is 7. The molecule has 11 nitrogen and oxygen atoms in total. The van der Waals surface area contributed by atoms with E-state index in [4.69, 9.17) is 16.3 Å². The van der Waals surface area contributed by atoms with Crippen LogP contribution in [0, 0.1) is 6.92 Å². The molecule has 3 heterocycles. The zero-order valence-corrected chi connectivity index (χ0v) is 25.9. The number of piperazine rings is 1. The van der Waals surface area contributed by atoms with Gasteiger partial charge in [-0.1, -0.05) is 18.5 Å². The molecule has 42 heavy (non-hydrogen) atoms. The van der Waals surface area contributed by atoms with Crippen LogP contribution in [0.4, 0.5) is 29.3 Å². The molecule has 1 aliphatic rings. The Balaban J connectivity index is 1.66. The van der Waals surface area contributed by atoms with E-state index in [2.05, 4.69) is 31.3 Å². The van der Waals surface area contributed by atoms with E-state index in [0.29, 0.717) is 44.0 Å². The van der Waals surface area contributed by atoms with Crippen molar-refractivity contribution in [2.24, 2.45) is 0 Å². The molecule has 0 unspecified atom stereocenters. The van der Waals surface area contributed by atoms with Crippen LogP contribution in [-0.2, 0) is 28.7 Å². The van der Waals surface area contributed by atoms with E-state index >= 15 is 0 Å². The molecule has 0 aliphatic carbocycles. The minimum atomic E-state index is -4.64. The quantitative estimate of drug-likeness (QED) is 0.410. The van der Waals surface area contributed by atoms with Crippen LogP contribution >= 0.6 is 27.5 Å². The predicted octanol–water partition coefficient (Wildman–Crippen LogP) is 4.89. The molecular formula is C26H30BrClF3N7O4. The number of hydrogen-bond donors (Lipinski definition) is 1. The summed E-state index contributed by atoms with van der Waals surface area (Å²) < 4.78 is 48.0. The number of aromatic nitrogens is 4. The van der Waals surface area contributed by atoms with Gasteiger partial charge in [0.2, 0.25) is 16.4 Å². The molecule has 4 rings (SSSR count). The van der Waals surface area contributed by atoms with Crippen LogP contribution in [0.2, 0.25) is 5.02 Å². The zero-order valence-electron chi connectivity index (χ0n) is 23.6. The molecule has 1 N–H and O–H groups in total. The second kappa shape index (κ2) is 11.7. The fourth-order valence-electron chi connectivity index (χ4n) is 4.71. The Morgan fingerprint density at radius 1 is 1.14 bits per heavy atom. The highest BCUT2D eigenvalue weighted by atomic mass is 79.9. The summed E-state index contributed by atoms with van der Waals surface area (Å²) in [6, 6.07) is 1.93. The second-order valence-corrected chi connectivity index (χ2v) is 11.9. The van der Waals surface area contributed by atoms with Gasteiger partial charge in [-0.2, -0.15) is 22.7 Å². The fraction of sp³-hybridized carbons (Fsp3) is 0.500. The van der Waals surface area contributed by atoms with Crippen LogP contribution < -0.4 is 15.8 Å². The van der Waals surface area contributed by atoms with Gasteiger partial charge in [0.25, 0.3) is 5.56 Å². The van der Waals surface area contributed by atoms with E-state index in [1.807, 2.05) is 11.8 Å². The number of fused-ring (bicyclic) bond motifs is 1. The van der Waals surface area contributed by atoms with Gasteiger partial charge in [0.1, 0.15) is 17.8 Å². The Kier molecular flexibility index (Phi) is 8.84. The number of alkyl halides is 3. The first-order chi connectivity index (χ1) is 19.5. The normalized spacial score (nSPS) is 14.4. The monoisotopic (exact) mass is 675 g/mol. The minimum absolute atomic E-state index is 0.109. The largest absolute Gasteiger partial charge is 0.444 e. The predicted molar refractivity (Wildman–Crippen MR) is 154 cm³/mol. The Bertz CT molecular complexity index is 1590. The number of anilines is 2. The zero-order chi connectivity index (χ0) is 31.1. The highest BCUT2D eigenvalue weighted by Gasteiger charge is 2.34. The molecule has 0 saturated carbocycles. The van der Waals surface area contributed by atoms with Gasteiger partial charge in [0, 0.05) is 31.9 Å².